The van der Waals surface area contributed by atoms with Gasteiger partial charge in [0.05, 0.1) is 11.7 Å². The Hall–Kier alpha value is -3.54. The Balaban J connectivity index is 1.54. The summed E-state index contributed by atoms with van der Waals surface area (Å²) in [4.78, 5) is 16.6. The van der Waals surface area contributed by atoms with Gasteiger partial charge in [-0.25, -0.2) is 4.39 Å². The van der Waals surface area contributed by atoms with Gasteiger partial charge in [0.2, 0.25) is 0 Å². The number of carbonyl (C=O) groups excluding carboxylic acids is 1. The molecule has 0 aliphatic rings. The van der Waals surface area contributed by atoms with Crippen molar-refractivity contribution < 1.29 is 9.18 Å². The van der Waals surface area contributed by atoms with E-state index in [1.807, 2.05) is 12.1 Å². The molecule has 0 saturated heterocycles. The fourth-order valence-corrected chi connectivity index (χ4v) is 2.83. The fourth-order valence-electron chi connectivity index (χ4n) is 2.83. The Morgan fingerprint density at radius 3 is 2.77 bits per heavy atom. The van der Waals surface area contributed by atoms with Crippen LogP contribution in [0, 0.1) is 5.82 Å². The summed E-state index contributed by atoms with van der Waals surface area (Å²) in [6.45, 7) is 0.345. The minimum Gasteiger partial charge on any atom is -0.348 e. The third-order valence-corrected chi connectivity index (χ3v) is 4.21. The molecule has 0 radical (unpaired) electrons. The highest BCUT2D eigenvalue weighted by Crippen LogP contribution is 2.23. The van der Waals surface area contributed by atoms with Crippen molar-refractivity contribution in [1.82, 2.24) is 20.5 Å². The van der Waals surface area contributed by atoms with Crippen molar-refractivity contribution in [3.8, 4) is 11.1 Å². The molecule has 0 spiro atoms. The number of H-pyrrole nitrogens is 1. The second kappa shape index (κ2) is 6.76. The summed E-state index contributed by atoms with van der Waals surface area (Å²) in [5.41, 5.74) is 4.07. The largest absolute Gasteiger partial charge is 0.348 e. The van der Waals surface area contributed by atoms with Crippen LogP contribution in [0.5, 0.6) is 0 Å². The number of amides is 1. The van der Waals surface area contributed by atoms with Gasteiger partial charge in [-0.05, 0) is 47.5 Å². The van der Waals surface area contributed by atoms with E-state index in [1.165, 1.54) is 12.1 Å². The molecule has 5 nitrogen and oxygen atoms in total. The Morgan fingerprint density at radius 2 is 1.92 bits per heavy atom. The Morgan fingerprint density at radius 1 is 1.08 bits per heavy atom. The lowest BCUT2D eigenvalue weighted by atomic mass is 10.0. The van der Waals surface area contributed by atoms with E-state index >= 15 is 0 Å². The van der Waals surface area contributed by atoms with E-state index in [4.69, 9.17) is 0 Å². The molecule has 0 aliphatic carbocycles. The molecule has 0 unspecified atom stereocenters. The zero-order chi connectivity index (χ0) is 17.9. The van der Waals surface area contributed by atoms with E-state index in [0.717, 1.165) is 27.6 Å². The van der Waals surface area contributed by atoms with Crippen LogP contribution in [-0.4, -0.2) is 21.1 Å². The Kier molecular flexibility index (Phi) is 4.15. The van der Waals surface area contributed by atoms with E-state index in [-0.39, 0.29) is 11.7 Å². The minimum atomic E-state index is -0.290. The summed E-state index contributed by atoms with van der Waals surface area (Å²) in [5.74, 6) is -0.461. The average Bonchev–Trinajstić information content (AvgIpc) is 3.15. The number of carbonyl (C=O) groups is 1. The third kappa shape index (κ3) is 3.17. The van der Waals surface area contributed by atoms with Crippen LogP contribution in [0.4, 0.5) is 4.39 Å². The summed E-state index contributed by atoms with van der Waals surface area (Å²) in [5, 5.41) is 10.6. The lowest BCUT2D eigenvalue weighted by Crippen LogP contribution is -2.23. The molecule has 0 bridgehead atoms. The number of rotatable bonds is 4. The van der Waals surface area contributed by atoms with E-state index in [2.05, 4.69) is 20.5 Å². The fraction of sp³-hybridized carbons (Fsp3) is 0.0500. The first-order valence-electron chi connectivity index (χ1n) is 8.11. The van der Waals surface area contributed by atoms with Gasteiger partial charge in [-0.2, -0.15) is 5.10 Å². The predicted molar refractivity (Wildman–Crippen MR) is 96.9 cm³/mol. The van der Waals surface area contributed by atoms with Crippen LogP contribution >= 0.6 is 0 Å². The number of pyridine rings is 1. The zero-order valence-corrected chi connectivity index (χ0v) is 13.7. The van der Waals surface area contributed by atoms with E-state index in [0.29, 0.717) is 12.1 Å². The molecule has 0 saturated carbocycles. The molecule has 1 amide bonds. The first-order chi connectivity index (χ1) is 12.7. The number of fused-ring (bicyclic) bond motifs is 1. The maximum atomic E-state index is 13.2. The molecule has 0 atom stereocenters. The minimum absolute atomic E-state index is 0.171. The van der Waals surface area contributed by atoms with Crippen LogP contribution in [-0.2, 0) is 6.54 Å². The molecule has 2 aromatic heterocycles. The van der Waals surface area contributed by atoms with Crippen LogP contribution in [0.2, 0.25) is 0 Å². The van der Waals surface area contributed by atoms with Gasteiger partial charge in [0.15, 0.2) is 0 Å². The molecule has 0 fully saturated rings. The van der Waals surface area contributed by atoms with Crippen LogP contribution < -0.4 is 5.32 Å². The van der Waals surface area contributed by atoms with Gasteiger partial charge in [-0.15, -0.1) is 0 Å². The molecule has 128 valence electrons. The normalized spacial score (nSPS) is 10.8. The highest BCUT2D eigenvalue weighted by molar-refractivity contribution is 5.97. The van der Waals surface area contributed by atoms with Crippen LogP contribution in [0.15, 0.2) is 67.1 Å². The van der Waals surface area contributed by atoms with Crippen LogP contribution in [0.25, 0.3) is 22.0 Å². The Bertz CT molecular complexity index is 1070. The van der Waals surface area contributed by atoms with Crippen molar-refractivity contribution in [2.24, 2.45) is 0 Å². The van der Waals surface area contributed by atoms with E-state index in [1.54, 1.807) is 42.9 Å². The van der Waals surface area contributed by atoms with Crippen molar-refractivity contribution >= 4 is 16.8 Å². The summed E-state index contributed by atoms with van der Waals surface area (Å²) >= 11 is 0. The van der Waals surface area contributed by atoms with Gasteiger partial charge in [0.1, 0.15) is 5.82 Å². The van der Waals surface area contributed by atoms with Gasteiger partial charge in [-0.3, -0.25) is 14.9 Å². The SMILES string of the molecule is O=C(NCc1ccncc1-c1ccc(F)cc1)c1ccc2[nH]ncc2c1. The number of nitrogens with one attached hydrogen (secondary N) is 2. The topological polar surface area (TPSA) is 70.7 Å². The smallest absolute Gasteiger partial charge is 0.251 e. The standard InChI is InChI=1S/C20H15FN4O/c21-17-4-1-13(2-5-17)18-12-22-8-7-15(18)10-23-20(26)14-3-6-19-16(9-14)11-24-25-19/h1-9,11-12H,10H2,(H,23,26)(H,24,25). The van der Waals surface area contributed by atoms with Gasteiger partial charge in [0.25, 0.3) is 5.91 Å². The number of aromatic nitrogens is 3. The molecule has 2 aromatic carbocycles. The molecule has 2 N–H and O–H groups in total. The van der Waals surface area contributed by atoms with Gasteiger partial charge in [-0.1, -0.05) is 12.1 Å². The molecule has 4 aromatic rings. The lowest BCUT2D eigenvalue weighted by Gasteiger charge is -2.11. The molecule has 2 heterocycles. The van der Waals surface area contributed by atoms with Crippen molar-refractivity contribution in [2.45, 2.75) is 6.54 Å². The first-order valence-corrected chi connectivity index (χ1v) is 8.11. The molecule has 0 aliphatic heterocycles. The van der Waals surface area contributed by atoms with Crippen LogP contribution in [0.3, 0.4) is 0 Å². The monoisotopic (exact) mass is 346 g/mol. The second-order valence-electron chi connectivity index (χ2n) is 5.89. The summed E-state index contributed by atoms with van der Waals surface area (Å²) in [6, 6.07) is 13.4. The van der Waals surface area contributed by atoms with Crippen LogP contribution in [0.1, 0.15) is 15.9 Å². The average molecular weight is 346 g/mol. The predicted octanol–water partition coefficient (Wildman–Crippen LogP) is 3.69. The number of nitrogens with zero attached hydrogens (tertiary/aromatic N) is 2. The maximum Gasteiger partial charge on any atom is 0.251 e. The quantitative estimate of drug-likeness (QED) is 0.592. The van der Waals surface area contributed by atoms with Gasteiger partial charge >= 0.3 is 0 Å². The third-order valence-electron chi connectivity index (χ3n) is 4.21. The summed E-state index contributed by atoms with van der Waals surface area (Å²) in [7, 11) is 0. The maximum absolute atomic E-state index is 13.2. The molecule has 6 heteroatoms. The summed E-state index contributed by atoms with van der Waals surface area (Å²) < 4.78 is 13.2. The van der Waals surface area contributed by atoms with E-state index < -0.39 is 0 Å². The Labute approximate surface area is 148 Å². The molecular weight excluding hydrogens is 331 g/mol. The van der Waals surface area contributed by atoms with Crippen molar-refractivity contribution in [2.75, 3.05) is 0 Å². The molecule has 26 heavy (non-hydrogen) atoms. The molecular formula is C20H15FN4O. The van der Waals surface area contributed by atoms with Crippen molar-refractivity contribution in [1.29, 1.82) is 0 Å². The van der Waals surface area contributed by atoms with Crippen molar-refractivity contribution in [3.05, 3.63) is 84.1 Å². The second-order valence-corrected chi connectivity index (χ2v) is 5.89. The van der Waals surface area contributed by atoms with Gasteiger partial charge < -0.3 is 5.32 Å². The summed E-state index contributed by atoms with van der Waals surface area (Å²) in [6.07, 6.45) is 5.07. The highest BCUT2D eigenvalue weighted by Gasteiger charge is 2.10. The number of halogens is 1. The van der Waals surface area contributed by atoms with Gasteiger partial charge in [0, 0.05) is 35.5 Å². The zero-order valence-electron chi connectivity index (χ0n) is 13.7. The number of hydrogen-bond acceptors (Lipinski definition) is 3. The number of aromatic amines is 1. The highest BCUT2D eigenvalue weighted by atomic mass is 19.1. The molecule has 4 rings (SSSR count). The van der Waals surface area contributed by atoms with E-state index in [9.17, 15) is 9.18 Å². The first kappa shape index (κ1) is 16.0. The number of benzene rings is 2. The van der Waals surface area contributed by atoms with Crippen molar-refractivity contribution in [3.63, 3.8) is 0 Å². The number of hydrogen-bond donors (Lipinski definition) is 2. The lowest BCUT2D eigenvalue weighted by molar-refractivity contribution is 0.0951.